The molecule has 2 aromatic carbocycles. The van der Waals surface area contributed by atoms with Crippen molar-refractivity contribution >= 4 is 28.3 Å². The van der Waals surface area contributed by atoms with Gasteiger partial charge in [0.25, 0.3) is 0 Å². The summed E-state index contributed by atoms with van der Waals surface area (Å²) >= 11 is 0. The lowest BCUT2D eigenvalue weighted by Gasteiger charge is -2.33. The number of hydrogen-bond acceptors (Lipinski definition) is 6. The molecule has 4 aromatic rings. The number of aromatic nitrogens is 3. The maximum absolute atomic E-state index is 13.6. The standard InChI is InChI=1S/C28H26F4N6O2/c1-18(35-21-3-5-25(29)24(14-21)28(30,31)32)38-8-7-20-13-23(4-6-26(20)38)40-27-15-22(33-17-34-27)16-36-9-11-37(12-10-36)19(2)39/h3-8,13-15,17H,9-12,16H2,1-2H3. The number of alkyl halides is 3. The average Bonchev–Trinajstić information content (AvgIpc) is 3.33. The summed E-state index contributed by atoms with van der Waals surface area (Å²) in [5.74, 6) is 0.0902. The highest BCUT2D eigenvalue weighted by Crippen LogP contribution is 2.34. The van der Waals surface area contributed by atoms with Crippen molar-refractivity contribution in [1.82, 2.24) is 24.3 Å². The van der Waals surface area contributed by atoms with Crippen molar-refractivity contribution in [2.45, 2.75) is 26.6 Å². The van der Waals surface area contributed by atoms with Gasteiger partial charge in [0.1, 0.15) is 23.7 Å². The third kappa shape index (κ3) is 6.12. The molecule has 1 aliphatic rings. The van der Waals surface area contributed by atoms with Crippen LogP contribution in [0.25, 0.3) is 10.9 Å². The molecule has 2 aromatic heterocycles. The molecule has 1 saturated heterocycles. The monoisotopic (exact) mass is 554 g/mol. The summed E-state index contributed by atoms with van der Waals surface area (Å²) in [4.78, 5) is 28.4. The Morgan fingerprint density at radius 3 is 2.50 bits per heavy atom. The number of carbonyl (C=O) groups is 1. The first-order valence-electron chi connectivity index (χ1n) is 12.6. The Balaban J connectivity index is 1.29. The number of aliphatic imine (C=N–C) groups is 1. The van der Waals surface area contributed by atoms with Gasteiger partial charge in [0.2, 0.25) is 11.8 Å². The van der Waals surface area contributed by atoms with E-state index >= 15 is 0 Å². The van der Waals surface area contributed by atoms with Gasteiger partial charge in [0.15, 0.2) is 0 Å². The van der Waals surface area contributed by atoms with Crippen LogP contribution in [0.3, 0.4) is 0 Å². The van der Waals surface area contributed by atoms with Crippen LogP contribution in [0.15, 0.2) is 66.0 Å². The molecule has 0 bridgehead atoms. The van der Waals surface area contributed by atoms with Gasteiger partial charge in [-0.25, -0.2) is 19.4 Å². The summed E-state index contributed by atoms with van der Waals surface area (Å²) < 4.78 is 60.6. The van der Waals surface area contributed by atoms with Crippen molar-refractivity contribution in [2.75, 3.05) is 26.2 Å². The highest BCUT2D eigenvalue weighted by Gasteiger charge is 2.34. The Kier molecular flexibility index (Phi) is 7.53. The lowest BCUT2D eigenvalue weighted by Crippen LogP contribution is -2.47. The van der Waals surface area contributed by atoms with Crippen molar-refractivity contribution in [3.63, 3.8) is 0 Å². The Labute approximate surface area is 227 Å². The number of piperazine rings is 1. The van der Waals surface area contributed by atoms with E-state index in [9.17, 15) is 22.4 Å². The van der Waals surface area contributed by atoms with Crippen LogP contribution in [0.5, 0.6) is 11.6 Å². The Morgan fingerprint density at radius 1 is 1.00 bits per heavy atom. The molecule has 40 heavy (non-hydrogen) atoms. The van der Waals surface area contributed by atoms with E-state index in [-0.39, 0.29) is 11.6 Å². The molecule has 1 amide bonds. The smallest absolute Gasteiger partial charge is 0.419 e. The van der Waals surface area contributed by atoms with E-state index in [0.29, 0.717) is 43.2 Å². The van der Waals surface area contributed by atoms with Crippen molar-refractivity contribution in [3.8, 4) is 11.6 Å². The largest absolute Gasteiger partial charge is 0.439 e. The molecule has 0 spiro atoms. The Hall–Kier alpha value is -4.32. The fraction of sp³-hybridized carbons (Fsp3) is 0.286. The van der Waals surface area contributed by atoms with Crippen LogP contribution < -0.4 is 4.74 Å². The third-order valence-electron chi connectivity index (χ3n) is 6.68. The first kappa shape index (κ1) is 27.3. The average molecular weight is 555 g/mol. The van der Waals surface area contributed by atoms with Gasteiger partial charge in [-0.3, -0.25) is 9.69 Å². The zero-order chi connectivity index (χ0) is 28.4. The molecule has 8 nitrogen and oxygen atoms in total. The van der Waals surface area contributed by atoms with E-state index in [1.807, 2.05) is 23.1 Å². The topological polar surface area (TPSA) is 75.8 Å². The zero-order valence-corrected chi connectivity index (χ0v) is 21.8. The van der Waals surface area contributed by atoms with Crippen LogP contribution in [0.2, 0.25) is 0 Å². The van der Waals surface area contributed by atoms with Crippen LogP contribution in [0.1, 0.15) is 25.1 Å². The number of amides is 1. The summed E-state index contributed by atoms with van der Waals surface area (Å²) in [5.41, 5.74) is 0.201. The number of rotatable bonds is 5. The molecule has 0 saturated carbocycles. The van der Waals surface area contributed by atoms with E-state index in [4.69, 9.17) is 4.74 Å². The number of halogens is 4. The fourth-order valence-electron chi connectivity index (χ4n) is 4.60. The van der Waals surface area contributed by atoms with Crippen LogP contribution in [-0.4, -0.2) is 62.3 Å². The summed E-state index contributed by atoms with van der Waals surface area (Å²) in [6.45, 7) is 6.75. The van der Waals surface area contributed by atoms with Crippen molar-refractivity contribution in [3.05, 3.63) is 78.1 Å². The second-order valence-corrected chi connectivity index (χ2v) is 9.46. The lowest BCUT2D eigenvalue weighted by atomic mass is 10.2. The van der Waals surface area contributed by atoms with Gasteiger partial charge in [-0.2, -0.15) is 13.2 Å². The van der Waals surface area contributed by atoms with Gasteiger partial charge in [-0.05, 0) is 49.4 Å². The van der Waals surface area contributed by atoms with Gasteiger partial charge in [0, 0.05) is 57.3 Å². The van der Waals surface area contributed by atoms with Crippen molar-refractivity contribution in [2.24, 2.45) is 4.99 Å². The first-order valence-corrected chi connectivity index (χ1v) is 12.6. The van der Waals surface area contributed by atoms with E-state index < -0.39 is 17.6 Å². The molecule has 3 heterocycles. The molecule has 1 aliphatic heterocycles. The first-order chi connectivity index (χ1) is 19.1. The molecule has 0 atom stereocenters. The highest BCUT2D eigenvalue weighted by molar-refractivity contribution is 5.95. The molecule has 0 radical (unpaired) electrons. The summed E-state index contributed by atoms with van der Waals surface area (Å²) in [7, 11) is 0. The minimum Gasteiger partial charge on any atom is -0.439 e. The fourth-order valence-corrected chi connectivity index (χ4v) is 4.60. The number of nitrogens with zero attached hydrogens (tertiary/aromatic N) is 6. The van der Waals surface area contributed by atoms with E-state index in [1.165, 1.54) is 12.4 Å². The number of benzene rings is 2. The minimum absolute atomic E-state index is 0.00618. The molecular weight excluding hydrogens is 528 g/mol. The molecule has 5 rings (SSSR count). The maximum Gasteiger partial charge on any atom is 0.419 e. The molecule has 0 N–H and O–H groups in total. The second kappa shape index (κ2) is 11.0. The minimum atomic E-state index is -4.81. The number of ether oxygens (including phenoxy) is 1. The third-order valence-corrected chi connectivity index (χ3v) is 6.68. The van der Waals surface area contributed by atoms with Crippen LogP contribution >= 0.6 is 0 Å². The SMILES string of the molecule is CC(=O)N1CCN(Cc2cc(Oc3ccc4c(ccn4C(C)=Nc4ccc(F)c(C(F)(F)F)c4)c3)ncn2)CC1. The molecule has 12 heteroatoms. The molecule has 1 fully saturated rings. The van der Waals surface area contributed by atoms with Gasteiger partial charge in [0.05, 0.1) is 22.5 Å². The number of hydrogen-bond donors (Lipinski definition) is 0. The van der Waals surface area contributed by atoms with Crippen LogP contribution in [0.4, 0.5) is 23.2 Å². The summed E-state index contributed by atoms with van der Waals surface area (Å²) in [6.07, 6.45) is -1.61. The molecule has 0 unspecified atom stereocenters. The van der Waals surface area contributed by atoms with Crippen molar-refractivity contribution in [1.29, 1.82) is 0 Å². The molecule has 0 aliphatic carbocycles. The number of carbonyl (C=O) groups excluding carboxylic acids is 1. The Bertz CT molecular complexity index is 1570. The van der Waals surface area contributed by atoms with Gasteiger partial charge in [-0.15, -0.1) is 0 Å². The predicted molar refractivity (Wildman–Crippen MR) is 141 cm³/mol. The normalized spacial score (nSPS) is 15.1. The van der Waals surface area contributed by atoms with E-state index in [0.717, 1.165) is 35.8 Å². The number of fused-ring (bicyclic) bond motifs is 1. The predicted octanol–water partition coefficient (Wildman–Crippen LogP) is 5.64. The maximum atomic E-state index is 13.6. The van der Waals surface area contributed by atoms with E-state index in [1.54, 1.807) is 36.7 Å². The van der Waals surface area contributed by atoms with Crippen molar-refractivity contribution < 1.29 is 27.1 Å². The van der Waals surface area contributed by atoms with Gasteiger partial charge >= 0.3 is 6.18 Å². The van der Waals surface area contributed by atoms with E-state index in [2.05, 4.69) is 19.9 Å². The molecular formula is C28H26F4N6O2. The van der Waals surface area contributed by atoms with Crippen LogP contribution in [0, 0.1) is 5.82 Å². The lowest BCUT2D eigenvalue weighted by molar-refractivity contribution is -0.140. The summed E-state index contributed by atoms with van der Waals surface area (Å²) in [5, 5.41) is 0.819. The van der Waals surface area contributed by atoms with Gasteiger partial charge in [-0.1, -0.05) is 0 Å². The Morgan fingerprint density at radius 2 is 1.77 bits per heavy atom. The summed E-state index contributed by atoms with van der Waals surface area (Å²) in [6, 6.07) is 11.7. The quantitative estimate of drug-likeness (QED) is 0.181. The van der Waals surface area contributed by atoms with Gasteiger partial charge < -0.3 is 14.2 Å². The zero-order valence-electron chi connectivity index (χ0n) is 21.8. The highest BCUT2D eigenvalue weighted by atomic mass is 19.4. The molecule has 208 valence electrons. The second-order valence-electron chi connectivity index (χ2n) is 9.46. The van der Waals surface area contributed by atoms with Crippen LogP contribution in [-0.2, 0) is 17.5 Å².